The van der Waals surface area contributed by atoms with Crippen molar-refractivity contribution in [2.45, 2.75) is 19.6 Å². The number of benzene rings is 1. The normalized spacial score (nSPS) is 12.6. The average Bonchev–Trinajstić information content (AvgIpc) is 2.85. The summed E-state index contributed by atoms with van der Waals surface area (Å²) in [5, 5.41) is 3.89. The lowest BCUT2D eigenvalue weighted by molar-refractivity contribution is 0.0833. The fourth-order valence-corrected chi connectivity index (χ4v) is 1.57. The highest BCUT2D eigenvalue weighted by Gasteiger charge is 2.20. The molecule has 0 radical (unpaired) electrons. The Morgan fingerprint density at radius 2 is 2.12 bits per heavy atom. The molecular formula is C12H15N3O2. The summed E-state index contributed by atoms with van der Waals surface area (Å²) in [5.41, 5.74) is 6.44. The van der Waals surface area contributed by atoms with Gasteiger partial charge in [-0.1, -0.05) is 35.5 Å². The van der Waals surface area contributed by atoms with Gasteiger partial charge in [0.05, 0.1) is 6.54 Å². The summed E-state index contributed by atoms with van der Waals surface area (Å²) in [6.45, 7) is 2.74. The van der Waals surface area contributed by atoms with Crippen LogP contribution in [0.15, 0.2) is 34.9 Å². The van der Waals surface area contributed by atoms with Crippen molar-refractivity contribution in [2.24, 2.45) is 5.73 Å². The molecular weight excluding hydrogens is 218 g/mol. The molecule has 0 unspecified atom stereocenters. The number of aromatic nitrogens is 2. The van der Waals surface area contributed by atoms with E-state index in [0.717, 1.165) is 5.56 Å². The first-order chi connectivity index (χ1) is 8.35. The summed E-state index contributed by atoms with van der Waals surface area (Å²) < 4.78 is 10.6. The Morgan fingerprint density at radius 3 is 2.71 bits per heavy atom. The van der Waals surface area contributed by atoms with Crippen LogP contribution in [0.4, 0.5) is 0 Å². The minimum Gasteiger partial charge on any atom is -0.366 e. The van der Waals surface area contributed by atoms with Gasteiger partial charge in [0.15, 0.2) is 0 Å². The first kappa shape index (κ1) is 11.8. The molecule has 1 atom stereocenters. The number of hydrogen-bond donors (Lipinski definition) is 1. The van der Waals surface area contributed by atoms with Gasteiger partial charge in [0.25, 0.3) is 0 Å². The van der Waals surface area contributed by atoms with Crippen LogP contribution in [0.1, 0.15) is 30.3 Å². The monoisotopic (exact) mass is 233 g/mol. The lowest BCUT2D eigenvalue weighted by Gasteiger charge is -2.13. The number of nitrogens with zero attached hydrogens (tertiary/aromatic N) is 2. The highest BCUT2D eigenvalue weighted by molar-refractivity contribution is 5.22. The Hall–Kier alpha value is -1.72. The van der Waals surface area contributed by atoms with Gasteiger partial charge in [0, 0.05) is 6.61 Å². The van der Waals surface area contributed by atoms with E-state index in [9.17, 15) is 0 Å². The van der Waals surface area contributed by atoms with Crippen molar-refractivity contribution in [3.05, 3.63) is 47.6 Å². The molecule has 0 aliphatic carbocycles. The highest BCUT2D eigenvalue weighted by Crippen LogP contribution is 2.23. The summed E-state index contributed by atoms with van der Waals surface area (Å²) in [6, 6.07) is 9.79. The van der Waals surface area contributed by atoms with Crippen molar-refractivity contribution in [2.75, 3.05) is 6.61 Å². The van der Waals surface area contributed by atoms with Gasteiger partial charge >= 0.3 is 0 Å². The molecule has 2 rings (SSSR count). The molecule has 1 aromatic carbocycles. The van der Waals surface area contributed by atoms with E-state index in [1.54, 1.807) is 0 Å². The van der Waals surface area contributed by atoms with Gasteiger partial charge in [-0.05, 0) is 12.5 Å². The Labute approximate surface area is 99.6 Å². The van der Waals surface area contributed by atoms with E-state index in [1.165, 1.54) is 0 Å². The van der Waals surface area contributed by atoms with Gasteiger partial charge in [-0.2, -0.15) is 4.98 Å². The molecule has 1 heterocycles. The fourth-order valence-electron chi connectivity index (χ4n) is 1.57. The lowest BCUT2D eigenvalue weighted by atomic mass is 10.1. The van der Waals surface area contributed by atoms with Crippen LogP contribution < -0.4 is 5.73 Å². The van der Waals surface area contributed by atoms with Gasteiger partial charge in [-0.15, -0.1) is 0 Å². The Balaban J connectivity index is 2.28. The zero-order chi connectivity index (χ0) is 12.1. The van der Waals surface area contributed by atoms with Gasteiger partial charge in [-0.25, -0.2) is 0 Å². The minimum atomic E-state index is -0.301. The molecule has 0 spiro atoms. The average molecular weight is 233 g/mol. The fraction of sp³-hybridized carbons (Fsp3) is 0.333. The maximum atomic E-state index is 5.65. The molecule has 0 amide bonds. The lowest BCUT2D eigenvalue weighted by Crippen LogP contribution is -2.08. The largest absolute Gasteiger partial charge is 0.366 e. The van der Waals surface area contributed by atoms with Crippen LogP contribution in [0.25, 0.3) is 0 Å². The van der Waals surface area contributed by atoms with Gasteiger partial charge < -0.3 is 15.0 Å². The molecule has 2 N–H and O–H groups in total. The molecule has 0 aliphatic rings. The third-order valence-electron chi connectivity index (χ3n) is 2.33. The van der Waals surface area contributed by atoms with Crippen LogP contribution in [0.2, 0.25) is 0 Å². The maximum absolute atomic E-state index is 5.65. The topological polar surface area (TPSA) is 74.2 Å². The zero-order valence-electron chi connectivity index (χ0n) is 9.67. The van der Waals surface area contributed by atoms with Crippen molar-refractivity contribution in [3.63, 3.8) is 0 Å². The standard InChI is InChI=1S/C12H15N3O2/c1-2-16-11(9-6-4-3-5-7-9)12-14-10(8-13)17-15-12/h3-7,11H,2,8,13H2,1H3/t11-/m1/s1. The van der Waals surface area contributed by atoms with Crippen molar-refractivity contribution in [3.8, 4) is 0 Å². The quantitative estimate of drug-likeness (QED) is 0.850. The molecule has 0 saturated heterocycles. The van der Waals surface area contributed by atoms with Crippen LogP contribution in [-0.4, -0.2) is 16.7 Å². The van der Waals surface area contributed by atoms with Crippen LogP contribution >= 0.6 is 0 Å². The second-order valence-electron chi connectivity index (χ2n) is 3.50. The highest BCUT2D eigenvalue weighted by atomic mass is 16.5. The summed E-state index contributed by atoms with van der Waals surface area (Å²) in [5.74, 6) is 0.930. The first-order valence-electron chi connectivity index (χ1n) is 5.54. The smallest absolute Gasteiger partial charge is 0.240 e. The maximum Gasteiger partial charge on any atom is 0.240 e. The molecule has 1 aromatic heterocycles. The van der Waals surface area contributed by atoms with E-state index in [4.69, 9.17) is 15.0 Å². The minimum absolute atomic E-state index is 0.237. The molecule has 5 heteroatoms. The third-order valence-corrected chi connectivity index (χ3v) is 2.33. The van der Waals surface area contributed by atoms with E-state index in [1.807, 2.05) is 37.3 Å². The summed E-state index contributed by atoms with van der Waals surface area (Å²) in [4.78, 5) is 4.20. The van der Waals surface area contributed by atoms with Crippen molar-refractivity contribution >= 4 is 0 Å². The number of ether oxygens (including phenoxy) is 1. The second kappa shape index (κ2) is 5.56. The van der Waals surface area contributed by atoms with Crippen LogP contribution in [0.3, 0.4) is 0 Å². The van der Waals surface area contributed by atoms with E-state index in [2.05, 4.69) is 10.1 Å². The molecule has 17 heavy (non-hydrogen) atoms. The van der Waals surface area contributed by atoms with E-state index < -0.39 is 0 Å². The van der Waals surface area contributed by atoms with Gasteiger partial charge in [-0.3, -0.25) is 0 Å². The third kappa shape index (κ3) is 2.69. The van der Waals surface area contributed by atoms with Crippen LogP contribution in [-0.2, 0) is 11.3 Å². The first-order valence-corrected chi connectivity index (χ1v) is 5.54. The predicted octanol–water partition coefficient (Wildman–Crippen LogP) is 1.65. The number of hydrogen-bond acceptors (Lipinski definition) is 5. The second-order valence-corrected chi connectivity index (χ2v) is 3.50. The van der Waals surface area contributed by atoms with Crippen molar-refractivity contribution in [1.29, 1.82) is 0 Å². The van der Waals surface area contributed by atoms with Gasteiger partial charge in [0.2, 0.25) is 11.7 Å². The van der Waals surface area contributed by atoms with E-state index in [-0.39, 0.29) is 12.6 Å². The summed E-state index contributed by atoms with van der Waals surface area (Å²) >= 11 is 0. The zero-order valence-corrected chi connectivity index (χ0v) is 9.67. The molecule has 90 valence electrons. The molecule has 0 saturated carbocycles. The Morgan fingerprint density at radius 1 is 1.35 bits per heavy atom. The predicted molar refractivity (Wildman–Crippen MR) is 62.1 cm³/mol. The van der Waals surface area contributed by atoms with Gasteiger partial charge in [0.1, 0.15) is 6.10 Å². The van der Waals surface area contributed by atoms with Crippen molar-refractivity contribution in [1.82, 2.24) is 10.1 Å². The molecule has 2 aromatic rings. The molecule has 5 nitrogen and oxygen atoms in total. The number of nitrogens with two attached hydrogens (primary N) is 1. The summed E-state index contributed by atoms with van der Waals surface area (Å²) in [7, 11) is 0. The van der Waals surface area contributed by atoms with E-state index >= 15 is 0 Å². The van der Waals surface area contributed by atoms with Crippen LogP contribution in [0, 0.1) is 0 Å². The summed E-state index contributed by atoms with van der Waals surface area (Å²) in [6.07, 6.45) is -0.301. The molecule has 0 bridgehead atoms. The Bertz CT molecular complexity index is 456. The molecule has 0 fully saturated rings. The van der Waals surface area contributed by atoms with Crippen molar-refractivity contribution < 1.29 is 9.26 Å². The van der Waals surface area contributed by atoms with Crippen LogP contribution in [0.5, 0.6) is 0 Å². The Kier molecular flexibility index (Phi) is 3.85. The van der Waals surface area contributed by atoms with E-state index in [0.29, 0.717) is 18.3 Å². The molecule has 0 aliphatic heterocycles. The SMILES string of the molecule is CCO[C@H](c1ccccc1)c1noc(CN)n1. The number of rotatable bonds is 5.